The summed E-state index contributed by atoms with van der Waals surface area (Å²) in [5.41, 5.74) is 0. The summed E-state index contributed by atoms with van der Waals surface area (Å²) >= 11 is 0. The van der Waals surface area contributed by atoms with E-state index < -0.39 is 0 Å². The lowest BCUT2D eigenvalue weighted by atomic mass is 9.98. The molecule has 1 atom stereocenters. The second-order valence-corrected chi connectivity index (χ2v) is 5.23. The van der Waals surface area contributed by atoms with Crippen LogP contribution in [0.5, 0.6) is 0 Å². The van der Waals surface area contributed by atoms with Crippen molar-refractivity contribution in [2.75, 3.05) is 33.4 Å². The van der Waals surface area contributed by atoms with Gasteiger partial charge in [-0.2, -0.15) is 0 Å². The van der Waals surface area contributed by atoms with Crippen LogP contribution in [0.4, 0.5) is 0 Å². The van der Waals surface area contributed by atoms with Crippen molar-refractivity contribution in [3.63, 3.8) is 0 Å². The molecule has 5 nitrogen and oxygen atoms in total. The van der Waals surface area contributed by atoms with Crippen molar-refractivity contribution in [1.29, 1.82) is 0 Å². The Morgan fingerprint density at radius 3 is 2.74 bits per heavy atom. The topological polar surface area (TPSA) is 59.6 Å². The summed E-state index contributed by atoms with van der Waals surface area (Å²) in [4.78, 5) is 11.5. The normalized spacial score (nSPS) is 18.2. The number of nitrogens with one attached hydrogen (secondary N) is 2. The van der Waals surface area contributed by atoms with Crippen LogP contribution < -0.4 is 10.6 Å². The highest BCUT2D eigenvalue weighted by Gasteiger charge is 2.13. The van der Waals surface area contributed by atoms with Crippen molar-refractivity contribution in [3.8, 4) is 0 Å². The molecule has 1 saturated carbocycles. The minimum absolute atomic E-state index is 0.00205. The molecule has 0 spiro atoms. The molecule has 1 unspecified atom stereocenters. The molecule has 1 fully saturated rings. The number of rotatable bonds is 9. The number of methoxy groups -OCH3 is 1. The summed E-state index contributed by atoms with van der Waals surface area (Å²) in [6.45, 7) is 4.21. The van der Waals surface area contributed by atoms with E-state index in [1.807, 2.05) is 6.92 Å². The maximum atomic E-state index is 11.5. The molecule has 1 rings (SSSR count). The molecule has 0 bridgehead atoms. The zero-order valence-corrected chi connectivity index (χ0v) is 12.2. The van der Waals surface area contributed by atoms with E-state index in [1.54, 1.807) is 7.11 Å². The molecule has 2 N–H and O–H groups in total. The molecule has 0 aromatic rings. The Hall–Kier alpha value is -0.650. The molecule has 1 amide bonds. The van der Waals surface area contributed by atoms with Crippen LogP contribution in [0, 0.1) is 0 Å². The summed E-state index contributed by atoms with van der Waals surface area (Å²) in [6, 6.07) is 0.0535. The van der Waals surface area contributed by atoms with Gasteiger partial charge in [0.25, 0.3) is 0 Å². The third-order valence-electron chi connectivity index (χ3n) is 3.29. The maximum absolute atomic E-state index is 11.5. The van der Waals surface area contributed by atoms with E-state index in [1.165, 1.54) is 32.1 Å². The first-order chi connectivity index (χ1) is 9.22. The first kappa shape index (κ1) is 16.4. The van der Waals surface area contributed by atoms with E-state index in [-0.39, 0.29) is 11.9 Å². The van der Waals surface area contributed by atoms with Crippen molar-refractivity contribution in [1.82, 2.24) is 10.6 Å². The lowest BCUT2D eigenvalue weighted by Crippen LogP contribution is -2.41. The molecule has 0 heterocycles. The summed E-state index contributed by atoms with van der Waals surface area (Å²) in [5.74, 6) is 0.00205. The van der Waals surface area contributed by atoms with Crippen molar-refractivity contribution in [2.45, 2.75) is 51.2 Å². The third-order valence-corrected chi connectivity index (χ3v) is 3.29. The minimum atomic E-state index is 0.00205. The Labute approximate surface area is 116 Å². The maximum Gasteiger partial charge on any atom is 0.234 e. The SMILES string of the molecule is COCC(C)NC(=O)CNCCOC1CCCCC1. The van der Waals surface area contributed by atoms with Gasteiger partial charge in [-0.1, -0.05) is 19.3 Å². The molecule has 1 aliphatic carbocycles. The standard InChI is InChI=1S/C14H28N2O3/c1-12(11-18-2)16-14(17)10-15-8-9-19-13-6-4-3-5-7-13/h12-13,15H,3-11H2,1-2H3,(H,16,17). The van der Waals surface area contributed by atoms with Crippen LogP contribution in [-0.2, 0) is 14.3 Å². The molecule has 0 aliphatic heterocycles. The van der Waals surface area contributed by atoms with E-state index >= 15 is 0 Å². The van der Waals surface area contributed by atoms with Gasteiger partial charge in [0.1, 0.15) is 0 Å². The fraction of sp³-hybridized carbons (Fsp3) is 0.929. The largest absolute Gasteiger partial charge is 0.383 e. The first-order valence-electron chi connectivity index (χ1n) is 7.33. The van der Waals surface area contributed by atoms with Gasteiger partial charge in [0.15, 0.2) is 0 Å². The van der Waals surface area contributed by atoms with Crippen LogP contribution in [0.25, 0.3) is 0 Å². The molecular weight excluding hydrogens is 244 g/mol. The van der Waals surface area contributed by atoms with Crippen LogP contribution in [0.2, 0.25) is 0 Å². The Morgan fingerprint density at radius 1 is 1.32 bits per heavy atom. The van der Waals surface area contributed by atoms with E-state index in [9.17, 15) is 4.79 Å². The first-order valence-corrected chi connectivity index (χ1v) is 7.33. The number of amides is 1. The minimum Gasteiger partial charge on any atom is -0.383 e. The average molecular weight is 272 g/mol. The molecule has 112 valence electrons. The highest BCUT2D eigenvalue weighted by molar-refractivity contribution is 5.78. The number of carbonyl (C=O) groups excluding carboxylic acids is 1. The van der Waals surface area contributed by atoms with Crippen LogP contribution in [0.15, 0.2) is 0 Å². The van der Waals surface area contributed by atoms with Gasteiger partial charge in [-0.15, -0.1) is 0 Å². The second kappa shape index (κ2) is 10.2. The van der Waals surface area contributed by atoms with Gasteiger partial charge >= 0.3 is 0 Å². The van der Waals surface area contributed by atoms with Gasteiger partial charge < -0.3 is 20.1 Å². The van der Waals surface area contributed by atoms with Crippen molar-refractivity contribution in [2.24, 2.45) is 0 Å². The van der Waals surface area contributed by atoms with Crippen molar-refractivity contribution >= 4 is 5.91 Å². The van der Waals surface area contributed by atoms with Crippen molar-refractivity contribution < 1.29 is 14.3 Å². The van der Waals surface area contributed by atoms with E-state index in [0.717, 1.165) is 6.54 Å². The molecule has 0 radical (unpaired) electrons. The number of hydrogen-bond acceptors (Lipinski definition) is 4. The molecule has 5 heteroatoms. The lowest BCUT2D eigenvalue weighted by molar-refractivity contribution is -0.121. The Bertz CT molecular complexity index is 243. The predicted octanol–water partition coefficient (Wildman–Crippen LogP) is 1.08. The predicted molar refractivity (Wildman–Crippen MR) is 75.2 cm³/mol. The fourth-order valence-corrected chi connectivity index (χ4v) is 2.35. The Balaban J connectivity index is 1.93. The molecule has 0 aromatic heterocycles. The highest BCUT2D eigenvalue weighted by atomic mass is 16.5. The van der Waals surface area contributed by atoms with Gasteiger partial charge in [-0.25, -0.2) is 0 Å². The Kier molecular flexibility index (Phi) is 8.79. The van der Waals surface area contributed by atoms with Gasteiger partial charge in [0.05, 0.1) is 25.9 Å². The molecule has 0 aromatic carbocycles. The number of ether oxygens (including phenoxy) is 2. The quantitative estimate of drug-likeness (QED) is 0.617. The summed E-state index contributed by atoms with van der Waals surface area (Å²) in [6.07, 6.45) is 6.74. The monoisotopic (exact) mass is 272 g/mol. The number of carbonyl (C=O) groups is 1. The molecule has 1 aliphatic rings. The molecule has 0 saturated heterocycles. The summed E-state index contributed by atoms with van der Waals surface area (Å²) < 4.78 is 10.7. The van der Waals surface area contributed by atoms with Gasteiger partial charge in [0, 0.05) is 19.7 Å². The summed E-state index contributed by atoms with van der Waals surface area (Å²) in [5, 5.41) is 5.95. The van der Waals surface area contributed by atoms with Gasteiger partial charge in [-0.3, -0.25) is 4.79 Å². The zero-order valence-electron chi connectivity index (χ0n) is 12.2. The smallest absolute Gasteiger partial charge is 0.234 e. The van der Waals surface area contributed by atoms with Gasteiger partial charge in [-0.05, 0) is 19.8 Å². The van der Waals surface area contributed by atoms with E-state index in [2.05, 4.69) is 10.6 Å². The van der Waals surface area contributed by atoms with E-state index in [0.29, 0.717) is 25.9 Å². The van der Waals surface area contributed by atoms with Crippen LogP contribution in [0.1, 0.15) is 39.0 Å². The Morgan fingerprint density at radius 2 is 2.05 bits per heavy atom. The average Bonchev–Trinajstić information content (AvgIpc) is 2.39. The van der Waals surface area contributed by atoms with Gasteiger partial charge in [0.2, 0.25) is 5.91 Å². The molecular formula is C14H28N2O3. The molecule has 19 heavy (non-hydrogen) atoms. The van der Waals surface area contributed by atoms with Crippen molar-refractivity contribution in [3.05, 3.63) is 0 Å². The van der Waals surface area contributed by atoms with Crippen LogP contribution >= 0.6 is 0 Å². The van der Waals surface area contributed by atoms with E-state index in [4.69, 9.17) is 9.47 Å². The summed E-state index contributed by atoms with van der Waals surface area (Å²) in [7, 11) is 1.63. The second-order valence-electron chi connectivity index (χ2n) is 5.23. The third kappa shape index (κ3) is 8.18. The fourth-order valence-electron chi connectivity index (χ4n) is 2.35. The van der Waals surface area contributed by atoms with Crippen LogP contribution in [0.3, 0.4) is 0 Å². The highest BCUT2D eigenvalue weighted by Crippen LogP contribution is 2.19. The zero-order chi connectivity index (χ0) is 13.9. The number of hydrogen-bond donors (Lipinski definition) is 2. The lowest BCUT2D eigenvalue weighted by Gasteiger charge is -2.22. The van der Waals surface area contributed by atoms with Crippen LogP contribution in [-0.4, -0.2) is 51.5 Å².